The molecule has 1 aromatic heterocycles. The maximum atomic E-state index is 13.2. The molecule has 0 aliphatic heterocycles. The Morgan fingerprint density at radius 2 is 1.95 bits per heavy atom. The smallest absolute Gasteiger partial charge is 0.195 e. The lowest BCUT2D eigenvalue weighted by molar-refractivity contribution is 0.104. The molecule has 3 N–H and O–H groups in total. The molecule has 0 saturated carbocycles. The van der Waals surface area contributed by atoms with E-state index >= 15 is 0 Å². The fraction of sp³-hybridized carbons (Fsp3) is 0.0625. The van der Waals surface area contributed by atoms with E-state index in [4.69, 9.17) is 5.73 Å². The monoisotopic (exact) mass is 268 g/mol. The third-order valence-electron chi connectivity index (χ3n) is 3.38. The van der Waals surface area contributed by atoms with Gasteiger partial charge in [-0.05, 0) is 48.9 Å². The van der Waals surface area contributed by atoms with Gasteiger partial charge in [-0.2, -0.15) is 0 Å². The number of anilines is 1. The van der Waals surface area contributed by atoms with Gasteiger partial charge in [0.1, 0.15) is 5.82 Å². The van der Waals surface area contributed by atoms with Crippen molar-refractivity contribution in [3.63, 3.8) is 0 Å². The van der Waals surface area contributed by atoms with Crippen LogP contribution in [0.25, 0.3) is 10.9 Å². The van der Waals surface area contributed by atoms with E-state index in [1.807, 2.05) is 6.92 Å². The molecule has 0 amide bonds. The number of aromatic amines is 1. The summed E-state index contributed by atoms with van der Waals surface area (Å²) in [6.45, 7) is 1.85. The van der Waals surface area contributed by atoms with Crippen molar-refractivity contribution in [2.75, 3.05) is 5.73 Å². The van der Waals surface area contributed by atoms with Crippen LogP contribution in [0.3, 0.4) is 0 Å². The number of ketones is 1. The van der Waals surface area contributed by atoms with Crippen LogP contribution in [0, 0.1) is 12.7 Å². The maximum absolute atomic E-state index is 13.2. The Balaban J connectivity index is 2.13. The summed E-state index contributed by atoms with van der Waals surface area (Å²) >= 11 is 0. The molecule has 0 bridgehead atoms. The SMILES string of the molecule is Cc1cc(N)ccc1C(=O)c1c[nH]c2cc(F)ccc12. The Morgan fingerprint density at radius 1 is 1.15 bits per heavy atom. The average Bonchev–Trinajstić information content (AvgIpc) is 2.80. The molecule has 4 heteroatoms. The minimum Gasteiger partial charge on any atom is -0.399 e. The quantitative estimate of drug-likeness (QED) is 0.552. The van der Waals surface area contributed by atoms with Gasteiger partial charge < -0.3 is 10.7 Å². The van der Waals surface area contributed by atoms with E-state index in [0.29, 0.717) is 27.7 Å². The number of halogens is 1. The summed E-state index contributed by atoms with van der Waals surface area (Å²) in [6, 6.07) is 9.53. The predicted octanol–water partition coefficient (Wildman–Crippen LogP) is 3.43. The summed E-state index contributed by atoms with van der Waals surface area (Å²) in [5, 5.41) is 0.715. The summed E-state index contributed by atoms with van der Waals surface area (Å²) < 4.78 is 13.2. The number of rotatable bonds is 2. The van der Waals surface area contributed by atoms with E-state index in [9.17, 15) is 9.18 Å². The Hall–Kier alpha value is -2.62. The van der Waals surface area contributed by atoms with Crippen molar-refractivity contribution in [1.29, 1.82) is 0 Å². The van der Waals surface area contributed by atoms with Crippen LogP contribution in [0.2, 0.25) is 0 Å². The standard InChI is InChI=1S/C16H13FN2O/c1-9-6-11(18)3-5-12(9)16(20)14-8-19-15-7-10(17)2-4-13(14)15/h2-8,19H,18H2,1H3. The number of hydrogen-bond acceptors (Lipinski definition) is 2. The Bertz CT molecular complexity index is 820. The molecule has 3 rings (SSSR count). The first-order chi connectivity index (χ1) is 9.56. The fourth-order valence-electron chi connectivity index (χ4n) is 2.37. The highest BCUT2D eigenvalue weighted by molar-refractivity contribution is 6.17. The van der Waals surface area contributed by atoms with Crippen molar-refractivity contribution in [3.05, 3.63) is 65.1 Å². The zero-order valence-corrected chi connectivity index (χ0v) is 10.9. The lowest BCUT2D eigenvalue weighted by Crippen LogP contribution is -2.03. The van der Waals surface area contributed by atoms with Crippen LogP contribution in [0.15, 0.2) is 42.6 Å². The fourth-order valence-corrected chi connectivity index (χ4v) is 2.37. The second kappa shape index (κ2) is 4.49. The van der Waals surface area contributed by atoms with Gasteiger partial charge in [-0.25, -0.2) is 4.39 Å². The number of carbonyl (C=O) groups is 1. The molecule has 0 unspecified atom stereocenters. The van der Waals surface area contributed by atoms with Crippen LogP contribution in [0.5, 0.6) is 0 Å². The van der Waals surface area contributed by atoms with Gasteiger partial charge >= 0.3 is 0 Å². The average molecular weight is 268 g/mol. The molecule has 0 spiro atoms. The lowest BCUT2D eigenvalue weighted by atomic mass is 9.98. The molecule has 20 heavy (non-hydrogen) atoms. The first kappa shape index (κ1) is 12.4. The normalized spacial score (nSPS) is 10.9. The van der Waals surface area contributed by atoms with Gasteiger partial charge in [-0.3, -0.25) is 4.79 Å². The molecule has 0 radical (unpaired) electrons. The van der Waals surface area contributed by atoms with E-state index in [2.05, 4.69) is 4.98 Å². The van der Waals surface area contributed by atoms with Crippen LogP contribution >= 0.6 is 0 Å². The number of hydrogen-bond donors (Lipinski definition) is 2. The summed E-state index contributed by atoms with van der Waals surface area (Å²) in [7, 11) is 0. The minimum absolute atomic E-state index is 0.0969. The molecule has 0 fully saturated rings. The summed E-state index contributed by atoms with van der Waals surface area (Å²) in [5.74, 6) is -0.428. The zero-order chi connectivity index (χ0) is 14.3. The molecule has 0 aliphatic carbocycles. The number of benzene rings is 2. The third-order valence-corrected chi connectivity index (χ3v) is 3.38. The van der Waals surface area contributed by atoms with E-state index in [1.54, 1.807) is 30.5 Å². The first-order valence-corrected chi connectivity index (χ1v) is 6.24. The molecule has 1 heterocycles. The molecule has 0 saturated heterocycles. The second-order valence-corrected chi connectivity index (χ2v) is 4.80. The molecule has 2 aromatic carbocycles. The number of nitrogens with two attached hydrogens (primary N) is 1. The third kappa shape index (κ3) is 1.95. The number of fused-ring (bicyclic) bond motifs is 1. The van der Waals surface area contributed by atoms with E-state index in [-0.39, 0.29) is 11.6 Å². The molecule has 100 valence electrons. The highest BCUT2D eigenvalue weighted by atomic mass is 19.1. The molecule has 0 aliphatic rings. The minimum atomic E-state index is -0.331. The topological polar surface area (TPSA) is 58.9 Å². The number of nitrogens with one attached hydrogen (secondary N) is 1. The van der Waals surface area contributed by atoms with Gasteiger partial charge in [-0.1, -0.05) is 0 Å². The highest BCUT2D eigenvalue weighted by Crippen LogP contribution is 2.24. The first-order valence-electron chi connectivity index (χ1n) is 6.24. The molecule has 0 atom stereocenters. The van der Waals surface area contributed by atoms with Crippen LogP contribution in [0.1, 0.15) is 21.5 Å². The van der Waals surface area contributed by atoms with Gasteiger partial charge in [-0.15, -0.1) is 0 Å². The zero-order valence-electron chi connectivity index (χ0n) is 10.9. The van der Waals surface area contributed by atoms with Crippen molar-refractivity contribution < 1.29 is 9.18 Å². The van der Waals surface area contributed by atoms with Gasteiger partial charge in [0, 0.05) is 33.9 Å². The highest BCUT2D eigenvalue weighted by Gasteiger charge is 2.16. The van der Waals surface area contributed by atoms with Crippen molar-refractivity contribution in [2.24, 2.45) is 0 Å². The Morgan fingerprint density at radius 3 is 2.70 bits per heavy atom. The molecular weight excluding hydrogens is 255 g/mol. The summed E-state index contributed by atoms with van der Waals surface area (Å²) in [4.78, 5) is 15.5. The Labute approximate surface area is 115 Å². The van der Waals surface area contributed by atoms with Crippen molar-refractivity contribution >= 4 is 22.4 Å². The van der Waals surface area contributed by atoms with Crippen LogP contribution in [0.4, 0.5) is 10.1 Å². The summed E-state index contributed by atoms with van der Waals surface area (Å²) in [6.07, 6.45) is 1.61. The maximum Gasteiger partial charge on any atom is 0.195 e. The second-order valence-electron chi connectivity index (χ2n) is 4.80. The van der Waals surface area contributed by atoms with E-state index in [0.717, 1.165) is 5.56 Å². The van der Waals surface area contributed by atoms with Crippen molar-refractivity contribution in [3.8, 4) is 0 Å². The van der Waals surface area contributed by atoms with Crippen molar-refractivity contribution in [1.82, 2.24) is 4.98 Å². The molecule has 3 aromatic rings. The van der Waals surface area contributed by atoms with Crippen molar-refractivity contribution in [2.45, 2.75) is 6.92 Å². The lowest BCUT2D eigenvalue weighted by Gasteiger charge is -2.05. The van der Waals surface area contributed by atoms with Gasteiger partial charge in [0.15, 0.2) is 5.78 Å². The largest absolute Gasteiger partial charge is 0.399 e. The number of H-pyrrole nitrogens is 1. The number of carbonyl (C=O) groups excluding carboxylic acids is 1. The van der Waals surface area contributed by atoms with Gasteiger partial charge in [0.2, 0.25) is 0 Å². The van der Waals surface area contributed by atoms with Gasteiger partial charge in [0.25, 0.3) is 0 Å². The number of aryl methyl sites for hydroxylation is 1. The van der Waals surface area contributed by atoms with E-state index in [1.165, 1.54) is 12.1 Å². The Kier molecular flexibility index (Phi) is 2.79. The van der Waals surface area contributed by atoms with Crippen LogP contribution in [-0.4, -0.2) is 10.8 Å². The van der Waals surface area contributed by atoms with Crippen LogP contribution < -0.4 is 5.73 Å². The predicted molar refractivity (Wildman–Crippen MR) is 77.3 cm³/mol. The molecular formula is C16H13FN2O. The van der Waals surface area contributed by atoms with Gasteiger partial charge in [0.05, 0.1) is 0 Å². The molecule has 3 nitrogen and oxygen atoms in total. The summed E-state index contributed by atoms with van der Waals surface area (Å²) in [5.41, 5.74) is 8.89. The number of aromatic nitrogens is 1. The van der Waals surface area contributed by atoms with Crippen LogP contribution in [-0.2, 0) is 0 Å². The van der Waals surface area contributed by atoms with E-state index < -0.39 is 0 Å². The number of nitrogen functional groups attached to an aromatic ring is 1.